The Balaban J connectivity index is 1.56. The highest BCUT2D eigenvalue weighted by Crippen LogP contribution is 2.16. The van der Waals surface area contributed by atoms with Crippen molar-refractivity contribution in [2.24, 2.45) is 0 Å². The van der Waals surface area contributed by atoms with E-state index in [4.69, 9.17) is 4.74 Å². The number of hydrogen-bond acceptors (Lipinski definition) is 3. The van der Waals surface area contributed by atoms with Crippen LogP contribution in [-0.2, 0) is 9.53 Å². The first kappa shape index (κ1) is 13.8. The topological polar surface area (TPSA) is 50.4 Å². The zero-order valence-electron chi connectivity index (χ0n) is 11.4. The van der Waals surface area contributed by atoms with E-state index < -0.39 is 0 Å². The van der Waals surface area contributed by atoms with Gasteiger partial charge >= 0.3 is 0 Å². The molecule has 0 spiro atoms. The Morgan fingerprint density at radius 1 is 1.33 bits per heavy atom. The summed E-state index contributed by atoms with van der Waals surface area (Å²) in [6.45, 7) is 3.86. The molecular weight excluding hydrogens is 228 g/mol. The van der Waals surface area contributed by atoms with Gasteiger partial charge in [-0.05, 0) is 39.0 Å². The fourth-order valence-corrected chi connectivity index (χ4v) is 2.89. The van der Waals surface area contributed by atoms with E-state index in [1.54, 1.807) is 0 Å². The lowest BCUT2D eigenvalue weighted by atomic mass is 9.99. The molecule has 18 heavy (non-hydrogen) atoms. The van der Waals surface area contributed by atoms with Gasteiger partial charge in [-0.25, -0.2) is 0 Å². The zero-order chi connectivity index (χ0) is 12.8. The summed E-state index contributed by atoms with van der Waals surface area (Å²) in [6.07, 6.45) is 7.77. The van der Waals surface area contributed by atoms with Crippen molar-refractivity contribution in [2.75, 3.05) is 13.2 Å². The lowest BCUT2D eigenvalue weighted by molar-refractivity contribution is -0.121. The Morgan fingerprint density at radius 3 is 2.94 bits per heavy atom. The Kier molecular flexibility index (Phi) is 5.45. The number of amides is 1. The van der Waals surface area contributed by atoms with Crippen LogP contribution in [0.1, 0.15) is 51.9 Å². The van der Waals surface area contributed by atoms with E-state index in [9.17, 15) is 4.79 Å². The van der Waals surface area contributed by atoms with Crippen molar-refractivity contribution in [1.82, 2.24) is 10.6 Å². The Bertz CT molecular complexity index is 265. The third-order valence-electron chi connectivity index (χ3n) is 3.97. The molecule has 4 heteroatoms. The van der Waals surface area contributed by atoms with Gasteiger partial charge in [0.25, 0.3) is 0 Å². The molecule has 104 valence electrons. The molecule has 0 radical (unpaired) electrons. The minimum absolute atomic E-state index is 0.172. The maximum atomic E-state index is 11.7. The van der Waals surface area contributed by atoms with E-state index >= 15 is 0 Å². The smallest absolute Gasteiger partial charge is 0.220 e. The van der Waals surface area contributed by atoms with E-state index in [1.807, 2.05) is 0 Å². The molecule has 2 N–H and O–H groups in total. The van der Waals surface area contributed by atoms with Gasteiger partial charge < -0.3 is 15.4 Å². The summed E-state index contributed by atoms with van der Waals surface area (Å²) in [5, 5.41) is 6.57. The third kappa shape index (κ3) is 4.58. The van der Waals surface area contributed by atoms with Crippen LogP contribution in [0.25, 0.3) is 0 Å². The molecule has 2 heterocycles. The van der Waals surface area contributed by atoms with Gasteiger partial charge in [-0.15, -0.1) is 0 Å². The zero-order valence-corrected chi connectivity index (χ0v) is 11.4. The molecular formula is C14H26N2O2. The summed E-state index contributed by atoms with van der Waals surface area (Å²) in [5.41, 5.74) is 0. The predicted octanol–water partition coefficient (Wildman–Crippen LogP) is 1.59. The van der Waals surface area contributed by atoms with Gasteiger partial charge in [-0.1, -0.05) is 6.42 Å². The van der Waals surface area contributed by atoms with Crippen molar-refractivity contribution in [3.63, 3.8) is 0 Å². The van der Waals surface area contributed by atoms with Crippen molar-refractivity contribution in [3.05, 3.63) is 0 Å². The summed E-state index contributed by atoms with van der Waals surface area (Å²) in [7, 11) is 0. The van der Waals surface area contributed by atoms with E-state index in [2.05, 4.69) is 17.6 Å². The Labute approximate surface area is 110 Å². The molecule has 0 aromatic heterocycles. The Morgan fingerprint density at radius 2 is 2.22 bits per heavy atom. The highest BCUT2D eigenvalue weighted by Gasteiger charge is 2.19. The first-order valence-corrected chi connectivity index (χ1v) is 7.38. The molecule has 1 amide bonds. The van der Waals surface area contributed by atoms with Gasteiger partial charge in [-0.3, -0.25) is 4.79 Å². The van der Waals surface area contributed by atoms with Crippen LogP contribution in [0, 0.1) is 0 Å². The molecule has 4 nitrogen and oxygen atoms in total. The van der Waals surface area contributed by atoms with E-state index in [1.165, 1.54) is 19.3 Å². The molecule has 0 aliphatic carbocycles. The molecule has 3 unspecified atom stereocenters. The number of rotatable bonds is 5. The minimum atomic E-state index is 0.172. The predicted molar refractivity (Wildman–Crippen MR) is 71.5 cm³/mol. The van der Waals surface area contributed by atoms with Crippen molar-refractivity contribution in [1.29, 1.82) is 0 Å². The molecule has 0 aromatic carbocycles. The van der Waals surface area contributed by atoms with Crippen LogP contribution in [0.15, 0.2) is 0 Å². The number of piperidine rings is 1. The lowest BCUT2D eigenvalue weighted by Crippen LogP contribution is -2.47. The Hall–Kier alpha value is -0.610. The van der Waals surface area contributed by atoms with Gasteiger partial charge in [-0.2, -0.15) is 0 Å². The van der Waals surface area contributed by atoms with Gasteiger partial charge in [0.2, 0.25) is 5.91 Å². The maximum absolute atomic E-state index is 11.7. The van der Waals surface area contributed by atoms with Crippen molar-refractivity contribution in [3.8, 4) is 0 Å². The lowest BCUT2D eigenvalue weighted by Gasteiger charge is -2.28. The fraction of sp³-hybridized carbons (Fsp3) is 0.929. The largest absolute Gasteiger partial charge is 0.378 e. The van der Waals surface area contributed by atoms with E-state index in [-0.39, 0.29) is 5.91 Å². The number of carbonyl (C=O) groups is 1. The molecule has 0 aromatic rings. The molecule has 2 rings (SSSR count). The van der Waals surface area contributed by atoms with Gasteiger partial charge in [0.05, 0.1) is 6.10 Å². The van der Waals surface area contributed by atoms with Crippen LogP contribution >= 0.6 is 0 Å². The molecule has 2 aliphatic rings. The average Bonchev–Trinajstić information content (AvgIpc) is 2.87. The van der Waals surface area contributed by atoms with E-state index in [0.717, 1.165) is 32.4 Å². The summed E-state index contributed by atoms with van der Waals surface area (Å²) in [6, 6.07) is 1.05. The molecule has 2 fully saturated rings. The van der Waals surface area contributed by atoms with Crippen LogP contribution in [0.2, 0.25) is 0 Å². The van der Waals surface area contributed by atoms with Crippen LogP contribution in [0.3, 0.4) is 0 Å². The second-order valence-electron chi connectivity index (χ2n) is 5.67. The summed E-state index contributed by atoms with van der Waals surface area (Å²) >= 11 is 0. The van der Waals surface area contributed by atoms with Crippen LogP contribution in [0.5, 0.6) is 0 Å². The quantitative estimate of drug-likeness (QED) is 0.783. The molecule has 3 atom stereocenters. The van der Waals surface area contributed by atoms with Crippen molar-refractivity contribution in [2.45, 2.75) is 70.1 Å². The van der Waals surface area contributed by atoms with E-state index in [0.29, 0.717) is 24.6 Å². The molecule has 2 saturated heterocycles. The fourth-order valence-electron chi connectivity index (χ4n) is 2.89. The van der Waals surface area contributed by atoms with Crippen LogP contribution < -0.4 is 10.6 Å². The van der Waals surface area contributed by atoms with Crippen molar-refractivity contribution < 1.29 is 9.53 Å². The van der Waals surface area contributed by atoms with Crippen LogP contribution in [0.4, 0.5) is 0 Å². The summed E-state index contributed by atoms with van der Waals surface area (Å²) in [5.74, 6) is 0.172. The summed E-state index contributed by atoms with van der Waals surface area (Å²) < 4.78 is 5.52. The van der Waals surface area contributed by atoms with Gasteiger partial charge in [0.15, 0.2) is 0 Å². The number of hydrogen-bond donors (Lipinski definition) is 2. The molecule has 0 bridgehead atoms. The third-order valence-corrected chi connectivity index (χ3v) is 3.97. The number of ether oxygens (including phenoxy) is 1. The van der Waals surface area contributed by atoms with Gasteiger partial charge in [0, 0.05) is 31.7 Å². The first-order valence-electron chi connectivity index (χ1n) is 7.38. The minimum Gasteiger partial charge on any atom is -0.378 e. The number of carbonyl (C=O) groups excluding carboxylic acids is 1. The SMILES string of the molecule is CC1CCCC(CNC(=O)CCC2CCCO2)N1. The highest BCUT2D eigenvalue weighted by atomic mass is 16.5. The second kappa shape index (κ2) is 7.10. The molecule has 0 saturated carbocycles. The maximum Gasteiger partial charge on any atom is 0.220 e. The summed E-state index contributed by atoms with van der Waals surface area (Å²) in [4.78, 5) is 11.7. The van der Waals surface area contributed by atoms with Crippen molar-refractivity contribution >= 4 is 5.91 Å². The second-order valence-corrected chi connectivity index (χ2v) is 5.67. The standard InChI is InChI=1S/C14H26N2O2/c1-11-4-2-5-12(16-11)10-15-14(17)8-7-13-6-3-9-18-13/h11-13,16H,2-10H2,1H3,(H,15,17). The first-order chi connectivity index (χ1) is 8.74. The average molecular weight is 254 g/mol. The molecule has 2 aliphatic heterocycles. The monoisotopic (exact) mass is 254 g/mol. The number of nitrogens with one attached hydrogen (secondary N) is 2. The van der Waals surface area contributed by atoms with Gasteiger partial charge in [0.1, 0.15) is 0 Å². The highest BCUT2D eigenvalue weighted by molar-refractivity contribution is 5.75. The normalized spacial score (nSPS) is 32.4. The van der Waals surface area contributed by atoms with Crippen LogP contribution in [-0.4, -0.2) is 37.2 Å².